The molecule has 1 aromatic heterocycles. The molecule has 2 aromatic carbocycles. The molecule has 0 amide bonds. The predicted octanol–water partition coefficient (Wildman–Crippen LogP) is 11.2. The van der Waals surface area contributed by atoms with Gasteiger partial charge in [0.15, 0.2) is 5.78 Å². The summed E-state index contributed by atoms with van der Waals surface area (Å²) in [5.41, 5.74) is 8.77. The monoisotopic (exact) mass is 763 g/mol. The SMILES string of the molecule is CC(C)(C)CC(C)(C)C(=O)/C=C(\O)C(C)(C)CC(C)(C)C.Cc1[c-]c(-c2cc(C)c3c(C)cc(C)cc3n2)cc(C)c1.[Ir]. The predicted molar refractivity (Wildman–Crippen MR) is 181 cm³/mol. The van der Waals surface area contributed by atoms with Crippen LogP contribution >= 0.6 is 0 Å². The van der Waals surface area contributed by atoms with E-state index in [1.54, 1.807) is 0 Å². The Balaban J connectivity index is 0.000000420. The van der Waals surface area contributed by atoms with Crippen molar-refractivity contribution < 1.29 is 30.0 Å². The number of carbonyl (C=O) groups excluding carboxylic acids is 1. The van der Waals surface area contributed by atoms with Gasteiger partial charge in [-0.25, -0.2) is 0 Å². The number of aromatic nitrogens is 1. The first-order valence-corrected chi connectivity index (χ1v) is 15.3. The van der Waals surface area contributed by atoms with E-state index in [2.05, 4.69) is 113 Å². The van der Waals surface area contributed by atoms with Gasteiger partial charge in [0.2, 0.25) is 0 Å². The van der Waals surface area contributed by atoms with Crippen LogP contribution in [0.3, 0.4) is 0 Å². The molecule has 239 valence electrons. The second-order valence-corrected chi connectivity index (χ2v) is 16.2. The molecule has 0 saturated carbocycles. The Morgan fingerprint density at radius 1 is 0.744 bits per heavy atom. The van der Waals surface area contributed by atoms with E-state index in [9.17, 15) is 9.90 Å². The second-order valence-electron chi connectivity index (χ2n) is 16.2. The van der Waals surface area contributed by atoms with Crippen molar-refractivity contribution in [1.82, 2.24) is 4.98 Å². The maximum Gasteiger partial charge on any atom is 0.164 e. The number of allylic oxidation sites excluding steroid dienone is 2. The van der Waals surface area contributed by atoms with E-state index in [1.807, 2.05) is 27.7 Å². The van der Waals surface area contributed by atoms with Crippen molar-refractivity contribution in [1.29, 1.82) is 0 Å². The zero-order chi connectivity index (χ0) is 32.4. The number of nitrogens with zero attached hydrogens (tertiary/aromatic N) is 1. The number of fused-ring (bicyclic) bond motifs is 1. The molecule has 0 aliphatic carbocycles. The van der Waals surface area contributed by atoms with E-state index in [0.29, 0.717) is 0 Å². The molecule has 0 aliphatic heterocycles. The number of carbonyl (C=O) groups is 1. The van der Waals surface area contributed by atoms with E-state index in [0.717, 1.165) is 35.2 Å². The first-order valence-electron chi connectivity index (χ1n) is 15.3. The summed E-state index contributed by atoms with van der Waals surface area (Å²) in [5, 5.41) is 11.7. The normalized spacial score (nSPS) is 12.9. The Labute approximate surface area is 276 Å². The van der Waals surface area contributed by atoms with Gasteiger partial charge in [-0.15, -0.1) is 34.9 Å². The number of hydrogen-bond acceptors (Lipinski definition) is 3. The van der Waals surface area contributed by atoms with E-state index >= 15 is 0 Å². The summed E-state index contributed by atoms with van der Waals surface area (Å²) in [6, 6.07) is 14.3. The van der Waals surface area contributed by atoms with Crippen molar-refractivity contribution >= 4 is 16.7 Å². The van der Waals surface area contributed by atoms with Crippen molar-refractivity contribution in [3.63, 3.8) is 0 Å². The van der Waals surface area contributed by atoms with Crippen LogP contribution in [0.5, 0.6) is 0 Å². The number of hydrogen-bond donors (Lipinski definition) is 1. The molecule has 0 unspecified atom stereocenters. The van der Waals surface area contributed by atoms with Crippen molar-refractivity contribution in [2.75, 3.05) is 0 Å². The number of pyridine rings is 1. The van der Waals surface area contributed by atoms with E-state index in [4.69, 9.17) is 4.98 Å². The topological polar surface area (TPSA) is 50.2 Å². The molecule has 3 aromatic rings. The van der Waals surface area contributed by atoms with Crippen molar-refractivity contribution in [3.05, 3.63) is 76.1 Å². The van der Waals surface area contributed by atoms with Crippen LogP contribution in [0, 0.1) is 62.3 Å². The largest absolute Gasteiger partial charge is 0.512 e. The number of rotatable bonds is 6. The Bertz CT molecular complexity index is 1440. The van der Waals surface area contributed by atoms with Gasteiger partial charge in [0, 0.05) is 42.4 Å². The molecule has 43 heavy (non-hydrogen) atoms. The van der Waals surface area contributed by atoms with Crippen LogP contribution in [0.1, 0.15) is 110 Å². The molecule has 0 saturated heterocycles. The molecule has 0 aliphatic rings. The third-order valence-electron chi connectivity index (χ3n) is 7.44. The molecule has 1 heterocycles. The minimum Gasteiger partial charge on any atom is -0.512 e. The first kappa shape index (κ1) is 38.7. The Morgan fingerprint density at radius 2 is 1.23 bits per heavy atom. The first-order chi connectivity index (χ1) is 18.9. The Kier molecular flexibility index (Phi) is 12.8. The number of aryl methyl sites for hydroxylation is 5. The van der Waals surface area contributed by atoms with E-state index in [1.165, 1.54) is 33.7 Å². The summed E-state index contributed by atoms with van der Waals surface area (Å²) in [6.07, 6.45) is 3.08. The van der Waals surface area contributed by atoms with Crippen molar-refractivity contribution in [2.24, 2.45) is 21.7 Å². The van der Waals surface area contributed by atoms with E-state index < -0.39 is 5.41 Å². The van der Waals surface area contributed by atoms with Gasteiger partial charge in [0.05, 0.1) is 5.52 Å². The number of aliphatic hydroxyl groups excluding tert-OH is 1. The van der Waals surface area contributed by atoms with Crippen LogP contribution in [-0.2, 0) is 24.9 Å². The van der Waals surface area contributed by atoms with Crippen LogP contribution < -0.4 is 0 Å². The molecule has 0 spiro atoms. The average molecular weight is 763 g/mol. The smallest absolute Gasteiger partial charge is 0.164 e. The van der Waals surface area contributed by atoms with Crippen LogP contribution in [-0.4, -0.2) is 15.9 Å². The summed E-state index contributed by atoms with van der Waals surface area (Å²) in [6.45, 7) is 31.4. The molecule has 1 radical (unpaired) electrons. The van der Waals surface area contributed by atoms with Crippen LogP contribution in [0.15, 0.2) is 42.2 Å². The van der Waals surface area contributed by atoms with Gasteiger partial charge in [-0.2, -0.15) is 0 Å². The fourth-order valence-corrected chi connectivity index (χ4v) is 6.50. The summed E-state index contributed by atoms with van der Waals surface area (Å²) >= 11 is 0. The van der Waals surface area contributed by atoms with Gasteiger partial charge in [-0.3, -0.25) is 9.78 Å². The summed E-state index contributed by atoms with van der Waals surface area (Å²) in [4.78, 5) is 17.4. The van der Waals surface area contributed by atoms with Gasteiger partial charge in [-0.05, 0) is 72.9 Å². The average Bonchev–Trinajstić information content (AvgIpc) is 2.74. The number of aliphatic hydroxyl groups is 1. The fourth-order valence-electron chi connectivity index (χ4n) is 6.50. The van der Waals surface area contributed by atoms with Crippen molar-refractivity contribution in [3.8, 4) is 11.3 Å². The molecule has 0 fully saturated rings. The third-order valence-corrected chi connectivity index (χ3v) is 7.44. The Morgan fingerprint density at radius 3 is 1.74 bits per heavy atom. The molecular formula is C39H56IrNO2-. The van der Waals surface area contributed by atoms with Crippen LogP contribution in [0.2, 0.25) is 0 Å². The number of ketones is 1. The molecule has 3 rings (SSSR count). The standard InChI is InChI=1S/C20H20N.C19H36O2.Ir/c1-12-6-13(2)9-17(8-12)18-11-16(5)20-15(4)7-14(3)10-19(20)21-18;1-16(2,3)12-18(7,8)14(20)11-15(21)19(9,10)13-17(4,5)6;/h6-8,10-11H,1-5H3;11,20H,12-13H2,1-10H3;/q-1;;/b;14-11-;. The molecule has 1 N–H and O–H groups in total. The van der Waals surface area contributed by atoms with E-state index in [-0.39, 0.29) is 47.9 Å². The molecule has 0 bridgehead atoms. The quantitative estimate of drug-likeness (QED) is 0.155. The summed E-state index contributed by atoms with van der Waals surface area (Å²) in [7, 11) is 0. The fraction of sp³-hybridized carbons (Fsp3) is 0.538. The molecule has 3 nitrogen and oxygen atoms in total. The second kappa shape index (κ2) is 14.2. The van der Waals surface area contributed by atoms with Gasteiger partial charge in [0.1, 0.15) is 5.76 Å². The van der Waals surface area contributed by atoms with Gasteiger partial charge < -0.3 is 5.11 Å². The van der Waals surface area contributed by atoms with Gasteiger partial charge in [-0.1, -0.05) is 95.2 Å². The van der Waals surface area contributed by atoms with Crippen molar-refractivity contribution in [2.45, 2.75) is 117 Å². The van der Waals surface area contributed by atoms with Gasteiger partial charge >= 0.3 is 0 Å². The maximum absolute atomic E-state index is 12.5. The van der Waals surface area contributed by atoms with Crippen LogP contribution in [0.4, 0.5) is 0 Å². The molecular weight excluding hydrogens is 707 g/mol. The number of benzene rings is 2. The maximum atomic E-state index is 12.5. The molecule has 0 atom stereocenters. The van der Waals surface area contributed by atoms with Gasteiger partial charge in [0.25, 0.3) is 0 Å². The minimum absolute atomic E-state index is 0. The summed E-state index contributed by atoms with van der Waals surface area (Å²) in [5.74, 6) is 0.210. The van der Waals surface area contributed by atoms with Crippen LogP contribution in [0.25, 0.3) is 22.2 Å². The summed E-state index contributed by atoms with van der Waals surface area (Å²) < 4.78 is 0. The third kappa shape index (κ3) is 11.6. The Hall–Kier alpha value is -2.29. The zero-order valence-corrected chi connectivity index (χ0v) is 31.9. The molecule has 4 heteroatoms. The zero-order valence-electron chi connectivity index (χ0n) is 29.5. The minimum atomic E-state index is -0.454.